The number of para-hydroxylation sites is 1. The first-order valence-corrected chi connectivity index (χ1v) is 10.1. The molecule has 1 saturated heterocycles. The van der Waals surface area contributed by atoms with E-state index in [-0.39, 0.29) is 11.8 Å². The number of likely N-dealkylation sites (tertiary alicyclic amines) is 1. The molecule has 140 valence electrons. The molecule has 1 unspecified atom stereocenters. The van der Waals surface area contributed by atoms with Gasteiger partial charge in [-0.1, -0.05) is 48.5 Å². The Labute approximate surface area is 161 Å². The zero-order valence-corrected chi connectivity index (χ0v) is 16.1. The van der Waals surface area contributed by atoms with Gasteiger partial charge in [-0.2, -0.15) is 5.10 Å². The Bertz CT molecular complexity index is 853. The van der Waals surface area contributed by atoms with E-state index >= 15 is 0 Å². The van der Waals surface area contributed by atoms with Gasteiger partial charge in [0, 0.05) is 44.0 Å². The fraction of sp³-hybridized carbons (Fsp3) is 0.435. The van der Waals surface area contributed by atoms with Crippen LogP contribution in [-0.4, -0.2) is 40.5 Å². The Morgan fingerprint density at radius 1 is 1.00 bits per heavy atom. The lowest BCUT2D eigenvalue weighted by molar-refractivity contribution is -0.152. The van der Waals surface area contributed by atoms with Crippen LogP contribution in [0.4, 0.5) is 0 Å². The van der Waals surface area contributed by atoms with Crippen LogP contribution < -0.4 is 4.74 Å². The van der Waals surface area contributed by atoms with Crippen LogP contribution in [0.2, 0.25) is 0 Å². The summed E-state index contributed by atoms with van der Waals surface area (Å²) in [6.07, 6.45) is 2.92. The molecular formula is C23H27N3O. The molecule has 0 amide bonds. The van der Waals surface area contributed by atoms with Gasteiger partial charge in [0.1, 0.15) is 5.75 Å². The number of hydrogen-bond donors (Lipinski definition) is 0. The Morgan fingerprint density at radius 3 is 2.44 bits per heavy atom. The van der Waals surface area contributed by atoms with E-state index in [0.717, 1.165) is 38.1 Å². The fourth-order valence-corrected chi connectivity index (χ4v) is 4.75. The van der Waals surface area contributed by atoms with Gasteiger partial charge in [-0.05, 0) is 25.5 Å². The van der Waals surface area contributed by atoms with Crippen molar-refractivity contribution >= 4 is 5.71 Å². The molecule has 3 aliphatic rings. The maximum Gasteiger partial charge on any atom is 0.200 e. The summed E-state index contributed by atoms with van der Waals surface area (Å²) in [5.74, 6) is 1.04. The second-order valence-corrected chi connectivity index (χ2v) is 8.19. The minimum absolute atomic E-state index is 0.274. The molecule has 0 bridgehead atoms. The van der Waals surface area contributed by atoms with Crippen molar-refractivity contribution in [3.63, 3.8) is 0 Å². The molecule has 27 heavy (non-hydrogen) atoms. The highest BCUT2D eigenvalue weighted by atomic mass is 16.5. The smallest absolute Gasteiger partial charge is 0.200 e. The number of piperidine rings is 1. The van der Waals surface area contributed by atoms with Crippen LogP contribution in [0.15, 0.2) is 59.7 Å². The highest BCUT2D eigenvalue weighted by molar-refractivity contribution is 6.01. The van der Waals surface area contributed by atoms with E-state index in [2.05, 4.69) is 78.4 Å². The van der Waals surface area contributed by atoms with Crippen molar-refractivity contribution in [3.05, 3.63) is 65.7 Å². The maximum absolute atomic E-state index is 6.68. The molecule has 4 heteroatoms. The Hall–Kier alpha value is -2.33. The van der Waals surface area contributed by atoms with Gasteiger partial charge in [-0.15, -0.1) is 0 Å². The van der Waals surface area contributed by atoms with Gasteiger partial charge in [0.05, 0.1) is 11.8 Å². The molecule has 5 rings (SSSR count). The Kier molecular flexibility index (Phi) is 3.97. The van der Waals surface area contributed by atoms with E-state index in [0.29, 0.717) is 6.04 Å². The van der Waals surface area contributed by atoms with Crippen LogP contribution in [0.3, 0.4) is 0 Å². The average Bonchev–Trinajstić information content (AvgIpc) is 3.16. The molecule has 4 nitrogen and oxygen atoms in total. The molecule has 2 aromatic rings. The standard InChI is InChI=1S/C23H27N3O/c1-17(2)25-14-12-23(13-15-25)26-21(19-10-6-7-11-22(19)27-23)16-20(24-26)18-8-4-3-5-9-18/h3-11,17,21H,12-16H2,1-2H3. The fourth-order valence-electron chi connectivity index (χ4n) is 4.75. The highest BCUT2D eigenvalue weighted by Gasteiger charge is 2.51. The topological polar surface area (TPSA) is 28.1 Å². The summed E-state index contributed by atoms with van der Waals surface area (Å²) in [6.45, 7) is 6.66. The number of rotatable bonds is 2. The van der Waals surface area contributed by atoms with Crippen molar-refractivity contribution in [1.29, 1.82) is 0 Å². The van der Waals surface area contributed by atoms with Crippen molar-refractivity contribution in [3.8, 4) is 5.75 Å². The van der Waals surface area contributed by atoms with Gasteiger partial charge in [0.25, 0.3) is 0 Å². The summed E-state index contributed by atoms with van der Waals surface area (Å²) in [5.41, 5.74) is 3.34. The maximum atomic E-state index is 6.68. The summed E-state index contributed by atoms with van der Waals surface area (Å²) in [7, 11) is 0. The molecule has 1 spiro atoms. The third kappa shape index (κ3) is 2.74. The van der Waals surface area contributed by atoms with Crippen LogP contribution in [0.5, 0.6) is 5.75 Å². The van der Waals surface area contributed by atoms with Crippen LogP contribution in [0.1, 0.15) is 50.3 Å². The summed E-state index contributed by atoms with van der Waals surface area (Å²) >= 11 is 0. The van der Waals surface area contributed by atoms with Crippen molar-refractivity contribution in [1.82, 2.24) is 9.91 Å². The second-order valence-electron chi connectivity index (χ2n) is 8.19. The number of nitrogens with zero attached hydrogens (tertiary/aromatic N) is 3. The van der Waals surface area contributed by atoms with E-state index in [1.54, 1.807) is 0 Å². The first kappa shape index (κ1) is 16.8. The van der Waals surface area contributed by atoms with Crippen molar-refractivity contribution in [2.45, 2.75) is 50.9 Å². The quantitative estimate of drug-likeness (QED) is 0.792. The van der Waals surface area contributed by atoms with Crippen LogP contribution in [0, 0.1) is 0 Å². The average molecular weight is 361 g/mol. The first-order valence-electron chi connectivity index (χ1n) is 10.1. The molecule has 0 saturated carbocycles. The Morgan fingerprint density at radius 2 is 1.70 bits per heavy atom. The lowest BCUT2D eigenvalue weighted by Crippen LogP contribution is -2.59. The largest absolute Gasteiger partial charge is 0.466 e. The zero-order valence-electron chi connectivity index (χ0n) is 16.1. The third-order valence-electron chi connectivity index (χ3n) is 6.32. The predicted octanol–water partition coefficient (Wildman–Crippen LogP) is 4.43. The molecule has 0 radical (unpaired) electrons. The third-order valence-corrected chi connectivity index (χ3v) is 6.32. The van der Waals surface area contributed by atoms with Gasteiger partial charge in [0.15, 0.2) is 0 Å². The lowest BCUT2D eigenvalue weighted by atomic mass is 9.90. The van der Waals surface area contributed by atoms with Gasteiger partial charge in [0.2, 0.25) is 5.72 Å². The van der Waals surface area contributed by atoms with Crippen LogP contribution in [-0.2, 0) is 0 Å². The van der Waals surface area contributed by atoms with E-state index in [1.165, 1.54) is 16.8 Å². The molecule has 1 atom stereocenters. The van der Waals surface area contributed by atoms with Crippen molar-refractivity contribution in [2.24, 2.45) is 5.10 Å². The van der Waals surface area contributed by atoms with Gasteiger partial charge < -0.3 is 9.64 Å². The minimum Gasteiger partial charge on any atom is -0.466 e. The van der Waals surface area contributed by atoms with Gasteiger partial charge in [-0.3, -0.25) is 0 Å². The summed E-state index contributed by atoms with van der Waals surface area (Å²) in [4.78, 5) is 2.54. The monoisotopic (exact) mass is 361 g/mol. The second kappa shape index (κ2) is 6.38. The first-order chi connectivity index (χ1) is 13.2. The van der Waals surface area contributed by atoms with E-state index in [1.807, 2.05) is 0 Å². The SMILES string of the molecule is CC(C)N1CCC2(CC1)Oc1ccccc1C1CC(c3ccccc3)=NN12. The lowest BCUT2D eigenvalue weighted by Gasteiger charge is -2.51. The summed E-state index contributed by atoms with van der Waals surface area (Å²) < 4.78 is 6.68. The van der Waals surface area contributed by atoms with Gasteiger partial charge in [-0.25, -0.2) is 5.01 Å². The minimum atomic E-state index is -0.319. The summed E-state index contributed by atoms with van der Waals surface area (Å²) in [5, 5.41) is 7.43. The van der Waals surface area contributed by atoms with Crippen molar-refractivity contribution in [2.75, 3.05) is 13.1 Å². The number of hydrazone groups is 1. The number of fused-ring (bicyclic) bond motifs is 4. The van der Waals surface area contributed by atoms with Crippen LogP contribution >= 0.6 is 0 Å². The number of hydrogen-bond acceptors (Lipinski definition) is 4. The molecule has 2 aromatic carbocycles. The molecule has 0 N–H and O–H groups in total. The Balaban J connectivity index is 1.53. The molecule has 3 aliphatic heterocycles. The highest BCUT2D eigenvalue weighted by Crippen LogP contribution is 2.49. The zero-order chi connectivity index (χ0) is 18.4. The van der Waals surface area contributed by atoms with E-state index < -0.39 is 0 Å². The molecular weight excluding hydrogens is 334 g/mol. The number of ether oxygens (including phenoxy) is 1. The molecule has 0 aliphatic carbocycles. The number of benzene rings is 2. The van der Waals surface area contributed by atoms with Gasteiger partial charge >= 0.3 is 0 Å². The molecule has 0 aromatic heterocycles. The van der Waals surface area contributed by atoms with Crippen molar-refractivity contribution < 1.29 is 4.74 Å². The normalized spacial score (nSPS) is 23.7. The molecule has 1 fully saturated rings. The molecule has 3 heterocycles. The van der Waals surface area contributed by atoms with E-state index in [4.69, 9.17) is 9.84 Å². The van der Waals surface area contributed by atoms with Crippen LogP contribution in [0.25, 0.3) is 0 Å². The van der Waals surface area contributed by atoms with E-state index in [9.17, 15) is 0 Å². The predicted molar refractivity (Wildman–Crippen MR) is 108 cm³/mol. The summed E-state index contributed by atoms with van der Waals surface area (Å²) in [6, 6.07) is 20.0.